The number of ether oxygens (including phenoxy) is 1. The molecule has 0 aliphatic carbocycles. The van der Waals surface area contributed by atoms with Crippen LogP contribution >= 0.6 is 15.9 Å². The second-order valence-corrected chi connectivity index (χ2v) is 4.43. The normalized spacial score (nSPS) is 16.4. The number of halogens is 1. The zero-order valence-corrected chi connectivity index (χ0v) is 10.1. The number of hydrogen-bond acceptors (Lipinski definition) is 2. The van der Waals surface area contributed by atoms with Crippen LogP contribution in [-0.2, 0) is 4.74 Å². The van der Waals surface area contributed by atoms with Gasteiger partial charge in [-0.2, -0.15) is 0 Å². The van der Waals surface area contributed by atoms with Crippen molar-refractivity contribution in [2.75, 3.05) is 18.1 Å². The fraction of sp³-hybridized carbons (Fsp3) is 0.364. The maximum Gasteiger partial charge on any atom is 0.414 e. The fourth-order valence-corrected chi connectivity index (χ4v) is 2.31. The minimum absolute atomic E-state index is 0.259. The van der Waals surface area contributed by atoms with Gasteiger partial charge in [-0.15, -0.1) is 0 Å². The van der Waals surface area contributed by atoms with Gasteiger partial charge in [0, 0.05) is 11.0 Å². The molecule has 1 aliphatic heterocycles. The summed E-state index contributed by atoms with van der Waals surface area (Å²) in [6.07, 6.45) is 0.622. The predicted octanol–water partition coefficient (Wildman–Crippen LogP) is 3.10. The summed E-state index contributed by atoms with van der Waals surface area (Å²) in [4.78, 5) is 13.2. The van der Waals surface area contributed by atoms with E-state index in [0.717, 1.165) is 28.7 Å². The number of carbonyl (C=O) groups excluding carboxylic acids is 1. The van der Waals surface area contributed by atoms with Crippen molar-refractivity contribution in [3.63, 3.8) is 0 Å². The van der Waals surface area contributed by atoms with E-state index in [4.69, 9.17) is 4.74 Å². The third kappa shape index (κ3) is 2.15. The van der Waals surface area contributed by atoms with Gasteiger partial charge < -0.3 is 4.74 Å². The average Bonchev–Trinajstić information content (AvgIpc) is 2.20. The molecule has 1 fully saturated rings. The van der Waals surface area contributed by atoms with Crippen LogP contribution in [0.1, 0.15) is 12.0 Å². The minimum atomic E-state index is -0.259. The largest absolute Gasteiger partial charge is 0.449 e. The van der Waals surface area contributed by atoms with Crippen molar-refractivity contribution < 1.29 is 9.53 Å². The van der Waals surface area contributed by atoms with Crippen LogP contribution in [0.3, 0.4) is 0 Å². The summed E-state index contributed by atoms with van der Waals surface area (Å²) in [5.74, 6) is 0. The lowest BCUT2D eigenvalue weighted by atomic mass is 10.2. The highest BCUT2D eigenvalue weighted by Crippen LogP contribution is 2.28. The van der Waals surface area contributed by atoms with E-state index in [-0.39, 0.29) is 6.09 Å². The monoisotopic (exact) mass is 269 g/mol. The van der Waals surface area contributed by atoms with Crippen molar-refractivity contribution in [2.45, 2.75) is 13.3 Å². The molecule has 0 aromatic heterocycles. The molecule has 0 N–H and O–H groups in total. The quantitative estimate of drug-likeness (QED) is 0.784. The third-order valence-electron chi connectivity index (χ3n) is 2.37. The molecule has 4 heteroatoms. The minimum Gasteiger partial charge on any atom is -0.449 e. The lowest BCUT2D eigenvalue weighted by Crippen LogP contribution is -2.37. The topological polar surface area (TPSA) is 29.5 Å². The second kappa shape index (κ2) is 4.23. The van der Waals surface area contributed by atoms with E-state index < -0.39 is 0 Å². The van der Waals surface area contributed by atoms with E-state index in [0.29, 0.717) is 6.61 Å². The van der Waals surface area contributed by atoms with E-state index in [1.165, 1.54) is 0 Å². The summed E-state index contributed by atoms with van der Waals surface area (Å²) < 4.78 is 5.93. The Balaban J connectivity index is 2.31. The van der Waals surface area contributed by atoms with Gasteiger partial charge in [0.15, 0.2) is 0 Å². The zero-order valence-electron chi connectivity index (χ0n) is 8.50. The van der Waals surface area contributed by atoms with E-state index in [1.54, 1.807) is 4.90 Å². The molecule has 3 nitrogen and oxygen atoms in total. The first-order valence-corrected chi connectivity index (χ1v) is 5.68. The Morgan fingerprint density at radius 3 is 2.93 bits per heavy atom. The molecular weight excluding hydrogens is 258 g/mol. The van der Waals surface area contributed by atoms with Gasteiger partial charge in [0.2, 0.25) is 0 Å². The van der Waals surface area contributed by atoms with Crippen LogP contribution in [0.5, 0.6) is 0 Å². The molecule has 0 spiro atoms. The summed E-state index contributed by atoms with van der Waals surface area (Å²) in [5, 5.41) is 0. The summed E-state index contributed by atoms with van der Waals surface area (Å²) in [7, 11) is 0. The van der Waals surface area contributed by atoms with Gasteiger partial charge in [0.1, 0.15) is 0 Å². The van der Waals surface area contributed by atoms with Crippen LogP contribution in [0.2, 0.25) is 0 Å². The first-order chi connectivity index (χ1) is 7.18. The van der Waals surface area contributed by atoms with Crippen molar-refractivity contribution >= 4 is 27.7 Å². The highest BCUT2D eigenvalue weighted by atomic mass is 79.9. The Morgan fingerprint density at radius 1 is 1.47 bits per heavy atom. The standard InChI is InChI=1S/C11H12BrNO2/c1-8-3-4-10(9(12)7-8)13-5-2-6-15-11(13)14/h3-4,7H,2,5-6H2,1H3. The number of carbonyl (C=O) groups is 1. The number of aryl methyl sites for hydroxylation is 1. The number of nitrogens with zero attached hydrogens (tertiary/aromatic N) is 1. The van der Waals surface area contributed by atoms with Gasteiger partial charge in [0.25, 0.3) is 0 Å². The van der Waals surface area contributed by atoms with E-state index in [2.05, 4.69) is 15.9 Å². The van der Waals surface area contributed by atoms with Crippen molar-refractivity contribution in [2.24, 2.45) is 0 Å². The molecule has 0 radical (unpaired) electrons. The zero-order chi connectivity index (χ0) is 10.8. The highest BCUT2D eigenvalue weighted by molar-refractivity contribution is 9.10. The van der Waals surface area contributed by atoms with Crippen LogP contribution in [0.4, 0.5) is 10.5 Å². The molecule has 80 valence electrons. The SMILES string of the molecule is Cc1ccc(N2CCCOC2=O)c(Br)c1. The summed E-state index contributed by atoms with van der Waals surface area (Å²) >= 11 is 3.46. The maximum atomic E-state index is 11.5. The van der Waals surface area contributed by atoms with Gasteiger partial charge in [-0.25, -0.2) is 4.79 Å². The number of cyclic esters (lactones) is 1. The van der Waals surface area contributed by atoms with Gasteiger partial charge in [-0.1, -0.05) is 6.07 Å². The Morgan fingerprint density at radius 2 is 2.27 bits per heavy atom. The summed E-state index contributed by atoms with van der Waals surface area (Å²) in [6, 6.07) is 5.92. The Hall–Kier alpha value is -1.03. The molecule has 0 atom stereocenters. The molecule has 1 aromatic carbocycles. The number of hydrogen-bond donors (Lipinski definition) is 0. The lowest BCUT2D eigenvalue weighted by molar-refractivity contribution is 0.140. The van der Waals surface area contributed by atoms with E-state index in [1.807, 2.05) is 25.1 Å². The van der Waals surface area contributed by atoms with Crippen LogP contribution in [0.25, 0.3) is 0 Å². The van der Waals surface area contributed by atoms with Crippen molar-refractivity contribution in [3.8, 4) is 0 Å². The fourth-order valence-electron chi connectivity index (χ4n) is 1.60. The van der Waals surface area contributed by atoms with Gasteiger partial charge in [0.05, 0.1) is 12.3 Å². The van der Waals surface area contributed by atoms with Crippen molar-refractivity contribution in [1.29, 1.82) is 0 Å². The van der Waals surface area contributed by atoms with Gasteiger partial charge >= 0.3 is 6.09 Å². The summed E-state index contributed by atoms with van der Waals surface area (Å²) in [5.41, 5.74) is 2.04. The molecule has 15 heavy (non-hydrogen) atoms. The molecule has 1 saturated heterocycles. The average molecular weight is 270 g/mol. The first-order valence-electron chi connectivity index (χ1n) is 4.89. The first kappa shape index (κ1) is 10.5. The molecule has 1 heterocycles. The molecule has 2 rings (SSSR count). The Bertz CT molecular complexity index is 392. The van der Waals surface area contributed by atoms with Crippen LogP contribution in [-0.4, -0.2) is 19.2 Å². The summed E-state index contributed by atoms with van der Waals surface area (Å²) in [6.45, 7) is 3.27. The smallest absolute Gasteiger partial charge is 0.414 e. The van der Waals surface area contributed by atoms with Crippen LogP contribution in [0.15, 0.2) is 22.7 Å². The number of rotatable bonds is 1. The van der Waals surface area contributed by atoms with Gasteiger partial charge in [-0.05, 0) is 47.0 Å². The Labute approximate surface area is 97.2 Å². The number of anilines is 1. The molecular formula is C11H12BrNO2. The van der Waals surface area contributed by atoms with Gasteiger partial charge in [-0.3, -0.25) is 4.90 Å². The molecule has 1 aliphatic rings. The molecule has 0 saturated carbocycles. The second-order valence-electron chi connectivity index (χ2n) is 3.57. The van der Waals surface area contributed by atoms with Crippen LogP contribution in [0, 0.1) is 6.92 Å². The third-order valence-corrected chi connectivity index (χ3v) is 3.00. The van der Waals surface area contributed by atoms with E-state index in [9.17, 15) is 4.79 Å². The number of amides is 1. The molecule has 1 amide bonds. The van der Waals surface area contributed by atoms with E-state index >= 15 is 0 Å². The predicted molar refractivity (Wildman–Crippen MR) is 62.2 cm³/mol. The van der Waals surface area contributed by atoms with Crippen molar-refractivity contribution in [1.82, 2.24) is 0 Å². The lowest BCUT2D eigenvalue weighted by Gasteiger charge is -2.27. The maximum absolute atomic E-state index is 11.5. The molecule has 0 unspecified atom stereocenters. The van der Waals surface area contributed by atoms with Crippen LogP contribution < -0.4 is 4.90 Å². The highest BCUT2D eigenvalue weighted by Gasteiger charge is 2.22. The Kier molecular flexibility index (Phi) is 2.95. The molecule has 0 bridgehead atoms. The number of benzene rings is 1. The molecule has 1 aromatic rings. The van der Waals surface area contributed by atoms with Crippen molar-refractivity contribution in [3.05, 3.63) is 28.2 Å².